The lowest BCUT2D eigenvalue weighted by atomic mass is 9.53. The van der Waals surface area contributed by atoms with E-state index in [1.54, 1.807) is 9.13 Å². The van der Waals surface area contributed by atoms with Crippen molar-refractivity contribution in [2.24, 2.45) is 17.8 Å². The first-order valence-electron chi connectivity index (χ1n) is 15.9. The summed E-state index contributed by atoms with van der Waals surface area (Å²) in [6.07, 6.45) is 12.4. The molecule has 0 atom stereocenters. The van der Waals surface area contributed by atoms with Crippen LogP contribution in [0.1, 0.15) is 76.7 Å². The Bertz CT molecular complexity index is 1640. The largest absolute Gasteiger partial charge is 0.493 e. The average molecular weight is 576 g/mol. The van der Waals surface area contributed by atoms with Crippen LogP contribution in [0.25, 0.3) is 17.0 Å². The van der Waals surface area contributed by atoms with Crippen molar-refractivity contribution >= 4 is 17.0 Å². The summed E-state index contributed by atoms with van der Waals surface area (Å²) < 4.78 is 20.2. The SMILES string of the molecule is CCCOc1ccccc1C1=CCN(CCCCn2c(=O)n(C34CC5CC(CC(C5)C3)C4)c3oc(=O)c(=O)oc32)CC1. The summed E-state index contributed by atoms with van der Waals surface area (Å²) in [7, 11) is 0. The monoisotopic (exact) mass is 575 g/mol. The molecule has 5 aliphatic rings. The Hall–Kier alpha value is -3.33. The Balaban J connectivity index is 1.05. The molecule has 4 fully saturated rings. The van der Waals surface area contributed by atoms with E-state index in [0.29, 0.717) is 24.3 Å². The Morgan fingerprint density at radius 2 is 1.57 bits per heavy atom. The Kier molecular flexibility index (Phi) is 7.24. The zero-order chi connectivity index (χ0) is 28.8. The fourth-order valence-corrected chi connectivity index (χ4v) is 8.74. The zero-order valence-corrected chi connectivity index (χ0v) is 24.5. The molecular formula is C33H41N3O6. The molecule has 0 radical (unpaired) electrons. The number of rotatable bonds is 10. The standard InChI is InChI=1S/C33H41N3O6/c1-2-15-40-27-8-4-3-7-26(27)25-9-13-34(14-10-25)11-5-6-12-35-28-29(42-31(38)30(37)41-28)36(32(35)39)33-19-22-16-23(20-33)18-24(17-22)21-33/h3-4,7-9,22-24H,2,5-6,10-21H2,1H3. The van der Waals surface area contributed by atoms with Gasteiger partial charge in [-0.25, -0.2) is 14.4 Å². The van der Waals surface area contributed by atoms with Gasteiger partial charge in [0.25, 0.3) is 11.4 Å². The number of hydrogen-bond acceptors (Lipinski definition) is 7. The number of benzene rings is 1. The molecule has 224 valence electrons. The third kappa shape index (κ3) is 4.89. The van der Waals surface area contributed by atoms with Gasteiger partial charge < -0.3 is 13.6 Å². The normalized spacial score (nSPS) is 27.1. The third-order valence-corrected chi connectivity index (χ3v) is 10.2. The number of fused-ring (bicyclic) bond motifs is 1. The first-order valence-corrected chi connectivity index (χ1v) is 15.9. The summed E-state index contributed by atoms with van der Waals surface area (Å²) in [4.78, 5) is 40.8. The summed E-state index contributed by atoms with van der Waals surface area (Å²) >= 11 is 0. The predicted octanol–water partition coefficient (Wildman–Crippen LogP) is 4.99. The van der Waals surface area contributed by atoms with Crippen molar-refractivity contribution in [3.63, 3.8) is 0 Å². The molecule has 0 saturated heterocycles. The Morgan fingerprint density at radius 3 is 2.24 bits per heavy atom. The van der Waals surface area contributed by atoms with Gasteiger partial charge in [0.05, 0.1) is 12.1 Å². The van der Waals surface area contributed by atoms with E-state index in [9.17, 15) is 14.4 Å². The first-order chi connectivity index (χ1) is 20.4. The molecule has 0 amide bonds. The quantitative estimate of drug-likeness (QED) is 0.248. The summed E-state index contributed by atoms with van der Waals surface area (Å²) in [5, 5.41) is 0. The van der Waals surface area contributed by atoms with Crippen molar-refractivity contribution in [2.75, 3.05) is 26.2 Å². The van der Waals surface area contributed by atoms with E-state index in [-0.39, 0.29) is 22.7 Å². The van der Waals surface area contributed by atoms with E-state index in [0.717, 1.165) is 76.9 Å². The van der Waals surface area contributed by atoms with E-state index in [1.807, 2.05) is 12.1 Å². The maximum Gasteiger partial charge on any atom is 0.424 e. The maximum atomic E-state index is 14.0. The molecule has 3 aromatic rings. The molecule has 4 aliphatic carbocycles. The number of nitrogens with zero attached hydrogens (tertiary/aromatic N) is 3. The topological polar surface area (TPSA) is 99.8 Å². The highest BCUT2D eigenvalue weighted by molar-refractivity contribution is 5.71. The van der Waals surface area contributed by atoms with Gasteiger partial charge in [-0.3, -0.25) is 14.0 Å². The summed E-state index contributed by atoms with van der Waals surface area (Å²) in [5.74, 6) is 2.79. The molecular weight excluding hydrogens is 534 g/mol. The van der Waals surface area contributed by atoms with Crippen molar-refractivity contribution in [2.45, 2.75) is 83.2 Å². The zero-order valence-electron chi connectivity index (χ0n) is 24.5. The van der Waals surface area contributed by atoms with Gasteiger partial charge in [0.1, 0.15) is 5.75 Å². The number of unbranched alkanes of at least 4 members (excludes halogenated alkanes) is 1. The molecule has 4 saturated carbocycles. The number of imidazole rings is 1. The van der Waals surface area contributed by atoms with Crippen LogP contribution < -0.4 is 21.7 Å². The van der Waals surface area contributed by atoms with Gasteiger partial charge in [0, 0.05) is 25.2 Å². The van der Waals surface area contributed by atoms with Gasteiger partial charge in [-0.2, -0.15) is 0 Å². The van der Waals surface area contributed by atoms with Crippen LogP contribution in [-0.4, -0.2) is 40.3 Å². The second kappa shape index (κ2) is 11.1. The number of para-hydroxylation sites is 1. The van der Waals surface area contributed by atoms with Gasteiger partial charge in [-0.05, 0) is 100 Å². The predicted molar refractivity (Wildman–Crippen MR) is 160 cm³/mol. The van der Waals surface area contributed by atoms with Gasteiger partial charge in [-0.1, -0.05) is 31.2 Å². The van der Waals surface area contributed by atoms with Crippen LogP contribution in [0.5, 0.6) is 5.75 Å². The maximum absolute atomic E-state index is 14.0. The van der Waals surface area contributed by atoms with E-state index in [2.05, 4.69) is 30.0 Å². The molecule has 9 nitrogen and oxygen atoms in total. The molecule has 0 N–H and O–H groups in total. The lowest BCUT2D eigenvalue weighted by Gasteiger charge is -2.56. The summed E-state index contributed by atoms with van der Waals surface area (Å²) in [5.41, 5.74) is 0.111. The van der Waals surface area contributed by atoms with Crippen LogP contribution in [-0.2, 0) is 12.1 Å². The van der Waals surface area contributed by atoms with Crippen LogP contribution in [0.4, 0.5) is 0 Å². The smallest absolute Gasteiger partial charge is 0.424 e. The highest BCUT2D eigenvalue weighted by atomic mass is 16.5. The van der Waals surface area contributed by atoms with Crippen LogP contribution in [0.3, 0.4) is 0 Å². The Morgan fingerprint density at radius 1 is 0.905 bits per heavy atom. The summed E-state index contributed by atoms with van der Waals surface area (Å²) in [6, 6.07) is 8.28. The lowest BCUT2D eigenvalue weighted by Crippen LogP contribution is -2.54. The van der Waals surface area contributed by atoms with Crippen LogP contribution in [0.2, 0.25) is 0 Å². The van der Waals surface area contributed by atoms with Gasteiger partial charge in [0.2, 0.25) is 0 Å². The van der Waals surface area contributed by atoms with E-state index >= 15 is 0 Å². The van der Waals surface area contributed by atoms with Crippen LogP contribution >= 0.6 is 0 Å². The number of aryl methyl sites for hydroxylation is 1. The highest BCUT2D eigenvalue weighted by Gasteiger charge is 2.53. The fraction of sp³-hybridized carbons (Fsp3) is 0.606. The van der Waals surface area contributed by atoms with E-state index < -0.39 is 11.3 Å². The summed E-state index contributed by atoms with van der Waals surface area (Å²) in [6.45, 7) is 6.02. The molecule has 3 heterocycles. The number of ether oxygens (including phenoxy) is 1. The first kappa shape index (κ1) is 27.5. The fourth-order valence-electron chi connectivity index (χ4n) is 8.74. The van der Waals surface area contributed by atoms with Crippen molar-refractivity contribution in [1.82, 2.24) is 14.0 Å². The molecule has 8 rings (SSSR count). The number of aromatic nitrogens is 2. The van der Waals surface area contributed by atoms with Crippen molar-refractivity contribution < 1.29 is 13.6 Å². The molecule has 0 spiro atoms. The minimum atomic E-state index is -1.06. The van der Waals surface area contributed by atoms with Crippen molar-refractivity contribution in [3.05, 3.63) is 67.2 Å². The molecule has 0 unspecified atom stereocenters. The van der Waals surface area contributed by atoms with Crippen molar-refractivity contribution in [3.8, 4) is 5.75 Å². The molecule has 42 heavy (non-hydrogen) atoms. The minimum absolute atomic E-state index is 0.106. The van der Waals surface area contributed by atoms with E-state index in [1.165, 1.54) is 30.4 Å². The second-order valence-electron chi connectivity index (χ2n) is 13.1. The number of hydrogen-bond donors (Lipinski definition) is 0. The second-order valence-corrected chi connectivity index (χ2v) is 13.1. The third-order valence-electron chi connectivity index (χ3n) is 10.2. The van der Waals surface area contributed by atoms with Crippen LogP contribution in [0, 0.1) is 17.8 Å². The molecule has 9 heteroatoms. The Labute approximate surface area is 244 Å². The average Bonchev–Trinajstić information content (AvgIpc) is 3.24. The van der Waals surface area contributed by atoms with Gasteiger partial charge >= 0.3 is 16.9 Å². The van der Waals surface area contributed by atoms with E-state index in [4.69, 9.17) is 13.6 Å². The molecule has 4 bridgehead atoms. The molecule has 1 aliphatic heterocycles. The van der Waals surface area contributed by atoms with Crippen molar-refractivity contribution in [1.29, 1.82) is 0 Å². The van der Waals surface area contributed by atoms with Crippen LogP contribution in [0.15, 0.2) is 53.6 Å². The minimum Gasteiger partial charge on any atom is -0.493 e. The van der Waals surface area contributed by atoms with Gasteiger partial charge in [-0.15, -0.1) is 0 Å². The molecule has 1 aromatic carbocycles. The lowest BCUT2D eigenvalue weighted by molar-refractivity contribution is -0.0442. The highest BCUT2D eigenvalue weighted by Crippen LogP contribution is 2.58. The van der Waals surface area contributed by atoms with Gasteiger partial charge in [0.15, 0.2) is 0 Å². The molecule has 2 aromatic heterocycles.